The molecule has 4 atom stereocenters. The Labute approximate surface area is 177 Å². The maximum Gasteiger partial charge on any atom is 0.323 e. The Bertz CT molecular complexity index is 1020. The van der Waals surface area contributed by atoms with Gasteiger partial charge in [0.2, 0.25) is 0 Å². The molecule has 2 aromatic rings. The lowest BCUT2D eigenvalue weighted by atomic mass is 10.4. The quantitative estimate of drug-likeness (QED) is 0.396. The van der Waals surface area contributed by atoms with E-state index in [4.69, 9.17) is 24.5 Å². The molecule has 14 heteroatoms. The van der Waals surface area contributed by atoms with Crippen molar-refractivity contribution < 1.29 is 32.5 Å². The van der Waals surface area contributed by atoms with E-state index < -0.39 is 44.2 Å². The SMILES string of the molecule is CCOC(=O)[C@H](C)NP(=O)(CO[C@@H]1C=C(F)[C@H](n2cnc3c(N)ncnc32)O1)OCC. The molecule has 0 radical (unpaired) electrons. The van der Waals surface area contributed by atoms with E-state index in [1.807, 2.05) is 0 Å². The second-order valence-corrected chi connectivity index (χ2v) is 8.60. The van der Waals surface area contributed by atoms with Crippen LogP contribution < -0.4 is 10.8 Å². The number of aromatic nitrogens is 4. The van der Waals surface area contributed by atoms with Gasteiger partial charge < -0.3 is 24.5 Å². The van der Waals surface area contributed by atoms with Crippen molar-refractivity contribution in [2.45, 2.75) is 39.3 Å². The first kappa shape index (κ1) is 23.2. The van der Waals surface area contributed by atoms with Crippen molar-refractivity contribution in [1.82, 2.24) is 24.6 Å². The van der Waals surface area contributed by atoms with Crippen LogP contribution in [0.5, 0.6) is 0 Å². The van der Waals surface area contributed by atoms with E-state index in [0.717, 1.165) is 6.08 Å². The number of rotatable bonds is 10. The summed E-state index contributed by atoms with van der Waals surface area (Å²) in [6.07, 6.45) is 0.827. The van der Waals surface area contributed by atoms with Crippen LogP contribution in [0.2, 0.25) is 0 Å². The number of nitrogens with zero attached hydrogens (tertiary/aromatic N) is 4. The van der Waals surface area contributed by atoms with Crippen molar-refractivity contribution in [2.24, 2.45) is 0 Å². The van der Waals surface area contributed by atoms with Crippen molar-refractivity contribution >= 4 is 30.5 Å². The van der Waals surface area contributed by atoms with E-state index in [1.165, 1.54) is 24.1 Å². The number of hydrogen-bond donors (Lipinski definition) is 2. The first-order valence-electron chi connectivity index (χ1n) is 9.53. The number of anilines is 1. The Morgan fingerprint density at radius 3 is 2.87 bits per heavy atom. The van der Waals surface area contributed by atoms with Crippen LogP contribution in [-0.2, 0) is 28.1 Å². The summed E-state index contributed by atoms with van der Waals surface area (Å²) in [4.78, 5) is 23.8. The second kappa shape index (κ2) is 9.79. The van der Waals surface area contributed by atoms with Crippen molar-refractivity contribution in [1.29, 1.82) is 0 Å². The molecule has 0 spiro atoms. The molecule has 0 amide bonds. The highest BCUT2D eigenvalue weighted by Gasteiger charge is 2.35. The maximum absolute atomic E-state index is 14.6. The molecule has 0 aliphatic carbocycles. The molecule has 12 nitrogen and oxygen atoms in total. The molecule has 0 saturated heterocycles. The molecule has 3 rings (SSSR count). The largest absolute Gasteiger partial charge is 0.465 e. The van der Waals surface area contributed by atoms with Gasteiger partial charge in [0.1, 0.15) is 24.2 Å². The van der Waals surface area contributed by atoms with Gasteiger partial charge in [-0.15, -0.1) is 0 Å². The highest BCUT2D eigenvalue weighted by Crippen LogP contribution is 2.44. The third-order valence-electron chi connectivity index (χ3n) is 4.21. The number of halogens is 1. The molecular weight excluding hydrogens is 434 g/mol. The molecule has 1 unspecified atom stereocenters. The summed E-state index contributed by atoms with van der Waals surface area (Å²) in [5.74, 6) is -1.09. The van der Waals surface area contributed by atoms with Gasteiger partial charge in [0.05, 0.1) is 19.5 Å². The molecule has 0 saturated carbocycles. The zero-order chi connectivity index (χ0) is 22.6. The van der Waals surface area contributed by atoms with Crippen molar-refractivity contribution in [3.63, 3.8) is 0 Å². The Kier molecular flexibility index (Phi) is 7.34. The number of nitrogens with two attached hydrogens (primary N) is 1. The fraction of sp³-hybridized carbons (Fsp3) is 0.529. The van der Waals surface area contributed by atoms with Gasteiger partial charge in [-0.3, -0.25) is 13.9 Å². The minimum Gasteiger partial charge on any atom is -0.465 e. The number of imidazole rings is 1. The summed E-state index contributed by atoms with van der Waals surface area (Å²) in [6.45, 7) is 5.07. The highest BCUT2D eigenvalue weighted by atomic mass is 31.2. The number of hydrogen-bond acceptors (Lipinski definition) is 10. The smallest absolute Gasteiger partial charge is 0.323 e. The molecule has 3 N–H and O–H groups in total. The monoisotopic (exact) mass is 458 g/mol. The van der Waals surface area contributed by atoms with Gasteiger partial charge in [-0.05, 0) is 20.8 Å². The van der Waals surface area contributed by atoms with Crippen LogP contribution in [0, 0.1) is 0 Å². The topological polar surface area (TPSA) is 153 Å². The zero-order valence-corrected chi connectivity index (χ0v) is 18.1. The van der Waals surface area contributed by atoms with Gasteiger partial charge in [0, 0.05) is 6.08 Å². The lowest BCUT2D eigenvalue weighted by Crippen LogP contribution is -2.35. The van der Waals surface area contributed by atoms with Gasteiger partial charge in [0.25, 0.3) is 7.52 Å². The van der Waals surface area contributed by atoms with Crippen LogP contribution in [0.4, 0.5) is 10.2 Å². The fourth-order valence-corrected chi connectivity index (χ4v) is 4.56. The Balaban J connectivity index is 1.66. The molecule has 170 valence electrons. The number of carbonyl (C=O) groups is 1. The zero-order valence-electron chi connectivity index (χ0n) is 17.2. The third-order valence-corrected chi connectivity index (χ3v) is 6.16. The Morgan fingerprint density at radius 1 is 1.39 bits per heavy atom. The number of ether oxygens (including phenoxy) is 3. The van der Waals surface area contributed by atoms with Crippen LogP contribution in [0.3, 0.4) is 0 Å². The molecule has 3 heterocycles. The third kappa shape index (κ3) is 5.25. The van der Waals surface area contributed by atoms with Gasteiger partial charge in [-0.1, -0.05) is 0 Å². The van der Waals surface area contributed by atoms with Crippen LogP contribution in [0.1, 0.15) is 27.0 Å². The minimum atomic E-state index is -3.61. The summed E-state index contributed by atoms with van der Waals surface area (Å²) >= 11 is 0. The Hall–Kier alpha value is -2.44. The van der Waals surface area contributed by atoms with Gasteiger partial charge >= 0.3 is 5.97 Å². The molecule has 0 bridgehead atoms. The predicted octanol–water partition coefficient (Wildman–Crippen LogP) is 1.86. The summed E-state index contributed by atoms with van der Waals surface area (Å²) in [5, 5.41) is 2.60. The first-order valence-corrected chi connectivity index (χ1v) is 11.3. The van der Waals surface area contributed by atoms with E-state index in [9.17, 15) is 13.8 Å². The predicted molar refractivity (Wildman–Crippen MR) is 107 cm³/mol. The van der Waals surface area contributed by atoms with Crippen molar-refractivity contribution in [2.75, 3.05) is 25.3 Å². The lowest BCUT2D eigenvalue weighted by Gasteiger charge is -2.23. The van der Waals surface area contributed by atoms with E-state index in [1.54, 1.807) is 13.8 Å². The minimum absolute atomic E-state index is 0.101. The standard InChI is InChI=1S/C17H24FN6O6P/c1-4-27-17(25)10(3)23-31(26,29-5-2)9-28-12-6-11(18)16(30-12)24-8-22-13-14(19)20-7-21-15(13)24/h6-8,10,12,16H,4-5,9H2,1-3H3,(H,23,26)(H2,19,20,21)/t10-,12-,16+,31?/m0/s1. The first-order chi connectivity index (χ1) is 14.8. The number of nitrogens with one attached hydrogen (secondary N) is 1. The van der Waals surface area contributed by atoms with E-state index >= 15 is 0 Å². The highest BCUT2D eigenvalue weighted by molar-refractivity contribution is 7.56. The molecule has 1 aliphatic heterocycles. The van der Waals surface area contributed by atoms with E-state index in [-0.39, 0.29) is 24.7 Å². The van der Waals surface area contributed by atoms with Crippen molar-refractivity contribution in [3.8, 4) is 0 Å². The normalized spacial score (nSPS) is 21.6. The number of fused-ring (bicyclic) bond motifs is 1. The van der Waals surface area contributed by atoms with Gasteiger partial charge in [-0.25, -0.2) is 24.4 Å². The second-order valence-electron chi connectivity index (χ2n) is 6.48. The van der Waals surface area contributed by atoms with Crippen LogP contribution in [0.15, 0.2) is 24.6 Å². The molecule has 0 fully saturated rings. The summed E-state index contributed by atoms with van der Waals surface area (Å²) in [5.41, 5.74) is 6.34. The van der Waals surface area contributed by atoms with Gasteiger partial charge in [-0.2, -0.15) is 0 Å². The summed E-state index contributed by atoms with van der Waals surface area (Å²) in [6, 6.07) is -0.895. The number of esters is 1. The molecule has 2 aromatic heterocycles. The summed E-state index contributed by atoms with van der Waals surface area (Å²) < 4.78 is 50.1. The molecule has 31 heavy (non-hydrogen) atoms. The number of nitrogen functional groups attached to an aromatic ring is 1. The van der Waals surface area contributed by atoms with E-state index in [0.29, 0.717) is 5.52 Å². The average molecular weight is 458 g/mol. The average Bonchev–Trinajstić information content (AvgIpc) is 3.31. The Morgan fingerprint density at radius 2 is 2.16 bits per heavy atom. The van der Waals surface area contributed by atoms with Gasteiger partial charge in [0.15, 0.2) is 29.8 Å². The molecule has 0 aromatic carbocycles. The molecule has 1 aliphatic rings. The summed E-state index contributed by atoms with van der Waals surface area (Å²) in [7, 11) is -3.61. The van der Waals surface area contributed by atoms with Crippen LogP contribution in [-0.4, -0.2) is 57.4 Å². The number of carbonyl (C=O) groups excluding carboxylic acids is 1. The van der Waals surface area contributed by atoms with Crippen molar-refractivity contribution in [3.05, 3.63) is 24.6 Å². The van der Waals surface area contributed by atoms with Crippen LogP contribution in [0.25, 0.3) is 11.2 Å². The fourth-order valence-electron chi connectivity index (χ4n) is 2.88. The maximum atomic E-state index is 14.6. The molecular formula is C17H24FN6O6P. The van der Waals surface area contributed by atoms with E-state index in [2.05, 4.69) is 20.0 Å². The lowest BCUT2D eigenvalue weighted by molar-refractivity contribution is -0.144. The van der Waals surface area contributed by atoms with Crippen LogP contribution >= 0.6 is 7.52 Å².